The quantitative estimate of drug-likeness (QED) is 0.533. The number of imidazole rings is 1. The number of hydrogen-bond acceptors (Lipinski definition) is 4. The molecular formula is C22H14F3N5O. The molecule has 4 rings (SSSR count). The van der Waals surface area contributed by atoms with E-state index in [0.717, 1.165) is 0 Å². The van der Waals surface area contributed by atoms with E-state index in [-0.39, 0.29) is 11.4 Å². The van der Waals surface area contributed by atoms with Crippen molar-refractivity contribution in [3.63, 3.8) is 0 Å². The minimum absolute atomic E-state index is 0.148. The molecule has 1 unspecified atom stereocenters. The van der Waals surface area contributed by atoms with Gasteiger partial charge in [0.25, 0.3) is 5.91 Å². The summed E-state index contributed by atoms with van der Waals surface area (Å²) in [5.74, 6) is -0.608. The zero-order valence-electron chi connectivity index (χ0n) is 15.8. The molecule has 0 saturated carbocycles. The van der Waals surface area contributed by atoms with Crippen LogP contribution in [-0.2, 0) is 0 Å². The minimum atomic E-state index is -4.74. The summed E-state index contributed by atoms with van der Waals surface area (Å²) in [6.07, 6.45) is -1.85. The number of aromatic nitrogens is 3. The Morgan fingerprint density at radius 2 is 1.81 bits per heavy atom. The predicted molar refractivity (Wildman–Crippen MR) is 106 cm³/mol. The Labute approximate surface area is 174 Å². The summed E-state index contributed by atoms with van der Waals surface area (Å²) in [6, 6.07) is 15.3. The largest absolute Gasteiger partial charge is 0.414 e. The van der Waals surface area contributed by atoms with E-state index in [0.29, 0.717) is 22.5 Å². The zero-order valence-corrected chi connectivity index (χ0v) is 15.8. The lowest BCUT2D eigenvalue weighted by Crippen LogP contribution is -2.38. The summed E-state index contributed by atoms with van der Waals surface area (Å²) in [5.41, 5.74) is 0.938. The van der Waals surface area contributed by atoms with Gasteiger partial charge in [0.1, 0.15) is 5.82 Å². The van der Waals surface area contributed by atoms with Gasteiger partial charge in [-0.1, -0.05) is 12.1 Å². The van der Waals surface area contributed by atoms with Gasteiger partial charge in [0.05, 0.1) is 22.8 Å². The lowest BCUT2D eigenvalue weighted by Gasteiger charge is -2.20. The van der Waals surface area contributed by atoms with Gasteiger partial charge in [-0.25, -0.2) is 4.98 Å². The van der Waals surface area contributed by atoms with Crippen LogP contribution in [0, 0.1) is 11.3 Å². The molecule has 0 saturated heterocycles. The maximum Gasteiger partial charge on any atom is 0.414 e. The van der Waals surface area contributed by atoms with E-state index in [1.807, 2.05) is 11.4 Å². The van der Waals surface area contributed by atoms with Crippen molar-refractivity contribution >= 4 is 11.4 Å². The summed E-state index contributed by atoms with van der Waals surface area (Å²) >= 11 is 0. The fourth-order valence-corrected chi connectivity index (χ4v) is 3.17. The molecule has 6 nitrogen and oxygen atoms in total. The van der Waals surface area contributed by atoms with Gasteiger partial charge in [-0.3, -0.25) is 14.2 Å². The van der Waals surface area contributed by atoms with Crippen LogP contribution < -0.4 is 5.32 Å². The number of fused-ring (bicyclic) bond motifs is 1. The lowest BCUT2D eigenvalue weighted by molar-refractivity contribution is -0.156. The fourth-order valence-electron chi connectivity index (χ4n) is 3.17. The Bertz CT molecular complexity index is 1270. The Balaban J connectivity index is 1.75. The average Bonchev–Trinajstić information content (AvgIpc) is 3.17. The van der Waals surface area contributed by atoms with Gasteiger partial charge in [0.15, 0.2) is 11.7 Å². The van der Waals surface area contributed by atoms with Gasteiger partial charge < -0.3 is 5.32 Å². The van der Waals surface area contributed by atoms with Crippen LogP contribution in [0.5, 0.6) is 0 Å². The molecule has 3 heterocycles. The summed E-state index contributed by atoms with van der Waals surface area (Å²) in [5, 5.41) is 11.0. The molecule has 0 aliphatic rings. The molecule has 0 radical (unpaired) electrons. The van der Waals surface area contributed by atoms with E-state index < -0.39 is 18.1 Å². The van der Waals surface area contributed by atoms with Crippen LogP contribution >= 0.6 is 0 Å². The number of benzene rings is 1. The SMILES string of the molecule is N#Cc1ccc(-c2nc(C(=O)NC(c3ccccn3)C(F)(F)F)c3ccccn23)cc1. The molecule has 0 spiro atoms. The molecule has 1 aromatic carbocycles. The summed E-state index contributed by atoms with van der Waals surface area (Å²) < 4.78 is 42.5. The molecule has 1 atom stereocenters. The first-order valence-corrected chi connectivity index (χ1v) is 9.14. The standard InChI is InChI=1S/C22H14F3N5O/c23-22(24,25)19(16-5-1-3-11-27-16)29-21(31)18-17-6-2-4-12-30(17)20(28-18)15-9-7-14(13-26)8-10-15/h1-12,19H,(H,29,31). The number of rotatable bonds is 4. The summed E-state index contributed by atoms with van der Waals surface area (Å²) in [7, 11) is 0. The first-order valence-electron chi connectivity index (χ1n) is 9.14. The predicted octanol–water partition coefficient (Wildman–Crippen LogP) is 4.30. The second-order valence-corrected chi connectivity index (χ2v) is 6.63. The molecule has 0 aliphatic carbocycles. The molecule has 4 aromatic rings. The van der Waals surface area contributed by atoms with Crippen molar-refractivity contribution < 1.29 is 18.0 Å². The van der Waals surface area contributed by atoms with Crippen molar-refractivity contribution in [2.75, 3.05) is 0 Å². The number of carbonyl (C=O) groups excluding carboxylic acids is 1. The molecule has 0 bridgehead atoms. The molecule has 0 fully saturated rings. The van der Waals surface area contributed by atoms with Crippen LogP contribution in [0.1, 0.15) is 27.8 Å². The maximum atomic E-state index is 13.6. The smallest absolute Gasteiger partial charge is 0.334 e. The number of hydrogen-bond donors (Lipinski definition) is 1. The van der Waals surface area contributed by atoms with Crippen molar-refractivity contribution in [2.45, 2.75) is 12.2 Å². The number of carbonyl (C=O) groups is 1. The molecule has 9 heteroatoms. The highest BCUT2D eigenvalue weighted by atomic mass is 19.4. The van der Waals surface area contributed by atoms with E-state index in [4.69, 9.17) is 5.26 Å². The summed E-state index contributed by atoms with van der Waals surface area (Å²) in [4.78, 5) is 20.9. The zero-order chi connectivity index (χ0) is 22.0. The Morgan fingerprint density at radius 3 is 2.45 bits per heavy atom. The van der Waals surface area contributed by atoms with E-state index in [9.17, 15) is 18.0 Å². The second-order valence-electron chi connectivity index (χ2n) is 6.63. The van der Waals surface area contributed by atoms with Gasteiger partial charge in [-0.2, -0.15) is 18.4 Å². The average molecular weight is 421 g/mol. The van der Waals surface area contributed by atoms with Crippen molar-refractivity contribution in [2.24, 2.45) is 0 Å². The molecule has 1 amide bonds. The lowest BCUT2D eigenvalue weighted by atomic mass is 10.1. The number of alkyl halides is 3. The highest BCUT2D eigenvalue weighted by Crippen LogP contribution is 2.32. The van der Waals surface area contributed by atoms with E-state index >= 15 is 0 Å². The first-order chi connectivity index (χ1) is 14.9. The summed E-state index contributed by atoms with van der Waals surface area (Å²) in [6.45, 7) is 0. The molecule has 31 heavy (non-hydrogen) atoms. The molecule has 0 aliphatic heterocycles. The highest BCUT2D eigenvalue weighted by molar-refractivity contribution is 6.00. The highest BCUT2D eigenvalue weighted by Gasteiger charge is 2.43. The van der Waals surface area contributed by atoms with Crippen LogP contribution in [0.3, 0.4) is 0 Å². The van der Waals surface area contributed by atoms with Crippen molar-refractivity contribution in [3.05, 3.63) is 90.0 Å². The normalized spacial score (nSPS) is 12.3. The Kier molecular flexibility index (Phi) is 5.13. The maximum absolute atomic E-state index is 13.6. The van der Waals surface area contributed by atoms with Crippen molar-refractivity contribution in [1.82, 2.24) is 19.7 Å². The Morgan fingerprint density at radius 1 is 1.06 bits per heavy atom. The monoisotopic (exact) mass is 421 g/mol. The number of amides is 1. The van der Waals surface area contributed by atoms with Crippen LogP contribution in [-0.4, -0.2) is 26.5 Å². The topological polar surface area (TPSA) is 83.1 Å². The third-order valence-electron chi connectivity index (χ3n) is 4.62. The van der Waals surface area contributed by atoms with Crippen LogP contribution in [0.15, 0.2) is 73.1 Å². The van der Waals surface area contributed by atoms with Crippen LogP contribution in [0.2, 0.25) is 0 Å². The minimum Gasteiger partial charge on any atom is -0.334 e. The number of nitrogens with zero attached hydrogens (tertiary/aromatic N) is 4. The van der Waals surface area contributed by atoms with Crippen LogP contribution in [0.4, 0.5) is 13.2 Å². The van der Waals surface area contributed by atoms with Crippen molar-refractivity contribution in [1.29, 1.82) is 5.26 Å². The van der Waals surface area contributed by atoms with E-state index in [2.05, 4.69) is 9.97 Å². The number of nitriles is 1. The molecule has 154 valence electrons. The Hall–Kier alpha value is -4.19. The third-order valence-corrected chi connectivity index (χ3v) is 4.62. The number of halogens is 3. The number of nitrogens with one attached hydrogen (secondary N) is 1. The third kappa shape index (κ3) is 3.96. The molecule has 1 N–H and O–H groups in total. The van der Waals surface area contributed by atoms with Gasteiger partial charge in [-0.05, 0) is 48.5 Å². The molecular weight excluding hydrogens is 407 g/mol. The number of pyridine rings is 2. The van der Waals surface area contributed by atoms with Crippen LogP contribution in [0.25, 0.3) is 16.9 Å². The molecule has 3 aromatic heterocycles. The van der Waals surface area contributed by atoms with Gasteiger partial charge in [-0.15, -0.1) is 0 Å². The van der Waals surface area contributed by atoms with Gasteiger partial charge >= 0.3 is 6.18 Å². The van der Waals surface area contributed by atoms with E-state index in [1.54, 1.807) is 53.1 Å². The van der Waals surface area contributed by atoms with E-state index in [1.165, 1.54) is 24.4 Å². The van der Waals surface area contributed by atoms with Crippen molar-refractivity contribution in [3.8, 4) is 17.5 Å². The first kappa shape index (κ1) is 20.1. The fraction of sp³-hybridized carbons (Fsp3) is 0.0909. The van der Waals surface area contributed by atoms with Gasteiger partial charge in [0, 0.05) is 18.0 Å². The van der Waals surface area contributed by atoms with Gasteiger partial charge in [0.2, 0.25) is 0 Å². The second kappa shape index (κ2) is 7.91.